The molecule has 0 radical (unpaired) electrons. The lowest BCUT2D eigenvalue weighted by Crippen LogP contribution is -1.88. The number of para-hydroxylation sites is 1. The molecule has 4 rings (SSSR count). The number of fused-ring (bicyclic) bond motifs is 1. The number of thioether (sulfide) groups is 1. The van der Waals surface area contributed by atoms with Gasteiger partial charge in [-0.2, -0.15) is 0 Å². The predicted octanol–water partition coefficient (Wildman–Crippen LogP) is 6.35. The quantitative estimate of drug-likeness (QED) is 0.405. The van der Waals surface area contributed by atoms with Gasteiger partial charge in [0, 0.05) is 10.3 Å². The van der Waals surface area contributed by atoms with Crippen LogP contribution in [0, 0.1) is 0 Å². The third kappa shape index (κ3) is 2.78. The largest absolute Gasteiger partial charge is 0.247 e. The van der Waals surface area contributed by atoms with Crippen molar-refractivity contribution in [3.8, 4) is 21.7 Å². The van der Waals surface area contributed by atoms with Crippen LogP contribution in [0.3, 0.4) is 0 Å². The third-order valence-corrected chi connectivity index (χ3v) is 5.53. The summed E-state index contributed by atoms with van der Waals surface area (Å²) >= 11 is 3.50. The van der Waals surface area contributed by atoms with E-state index in [2.05, 4.69) is 72.3 Å². The lowest BCUT2D eigenvalue weighted by Gasteiger charge is -2.10. The second-order valence-corrected chi connectivity index (χ2v) is 7.11. The van der Waals surface area contributed by atoms with Gasteiger partial charge in [0.1, 0.15) is 0 Å². The topological polar surface area (TPSA) is 12.9 Å². The van der Waals surface area contributed by atoms with Crippen LogP contribution in [-0.2, 0) is 0 Å². The van der Waals surface area contributed by atoms with Gasteiger partial charge in [0.2, 0.25) is 0 Å². The zero-order chi connectivity index (χ0) is 15.6. The Labute approximate surface area is 144 Å². The first-order valence-electron chi connectivity index (χ1n) is 7.43. The van der Waals surface area contributed by atoms with Gasteiger partial charge in [-0.15, -0.1) is 23.1 Å². The van der Waals surface area contributed by atoms with E-state index in [0.29, 0.717) is 0 Å². The minimum Gasteiger partial charge on any atom is -0.247 e. The van der Waals surface area contributed by atoms with Crippen molar-refractivity contribution in [2.75, 3.05) is 6.26 Å². The highest BCUT2D eigenvalue weighted by Gasteiger charge is 2.09. The van der Waals surface area contributed by atoms with Crippen LogP contribution >= 0.6 is 23.1 Å². The first-order chi connectivity index (χ1) is 11.3. The molecule has 0 saturated heterocycles. The van der Waals surface area contributed by atoms with E-state index < -0.39 is 0 Å². The third-order valence-electron chi connectivity index (χ3n) is 3.89. The standard InChI is InChI=1S/C20H15NS2/c1-22-15-10-8-14(9-11-15)17-13-19(20-7-4-12-23-20)21-18-6-3-2-5-16(17)18/h2-13H,1H3. The zero-order valence-corrected chi connectivity index (χ0v) is 14.3. The number of hydrogen-bond acceptors (Lipinski definition) is 3. The van der Waals surface area contributed by atoms with Crippen molar-refractivity contribution in [3.63, 3.8) is 0 Å². The Kier molecular flexibility index (Phi) is 3.90. The summed E-state index contributed by atoms with van der Waals surface area (Å²) in [6.45, 7) is 0. The molecule has 0 saturated carbocycles. The van der Waals surface area contributed by atoms with Crippen LogP contribution in [0.2, 0.25) is 0 Å². The summed E-state index contributed by atoms with van der Waals surface area (Å²) in [7, 11) is 0. The van der Waals surface area contributed by atoms with Gasteiger partial charge < -0.3 is 0 Å². The van der Waals surface area contributed by atoms with Gasteiger partial charge in [-0.05, 0) is 53.1 Å². The van der Waals surface area contributed by atoms with Crippen molar-refractivity contribution in [3.05, 3.63) is 72.1 Å². The van der Waals surface area contributed by atoms with Crippen LogP contribution in [0.4, 0.5) is 0 Å². The summed E-state index contributed by atoms with van der Waals surface area (Å²) < 4.78 is 0. The van der Waals surface area contributed by atoms with E-state index in [0.717, 1.165) is 11.2 Å². The Morgan fingerprint density at radius 3 is 2.48 bits per heavy atom. The van der Waals surface area contributed by atoms with Crippen LogP contribution in [0.1, 0.15) is 0 Å². The van der Waals surface area contributed by atoms with E-state index in [4.69, 9.17) is 4.98 Å². The molecule has 2 aromatic heterocycles. The highest BCUT2D eigenvalue weighted by Crippen LogP contribution is 2.34. The Morgan fingerprint density at radius 2 is 1.74 bits per heavy atom. The molecule has 0 fully saturated rings. The summed E-state index contributed by atoms with van der Waals surface area (Å²) in [5, 5.41) is 3.30. The fraction of sp³-hybridized carbons (Fsp3) is 0.0500. The molecule has 3 heteroatoms. The van der Waals surface area contributed by atoms with Crippen LogP contribution in [0.25, 0.3) is 32.6 Å². The summed E-state index contributed by atoms with van der Waals surface area (Å²) in [5.74, 6) is 0. The molecule has 4 aromatic rings. The number of aromatic nitrogens is 1. The second-order valence-electron chi connectivity index (χ2n) is 5.28. The molecular weight excluding hydrogens is 318 g/mol. The summed E-state index contributed by atoms with van der Waals surface area (Å²) in [5.41, 5.74) is 4.57. The van der Waals surface area contributed by atoms with E-state index in [1.807, 2.05) is 6.07 Å². The maximum absolute atomic E-state index is 4.84. The first kappa shape index (κ1) is 14.5. The Morgan fingerprint density at radius 1 is 0.913 bits per heavy atom. The maximum atomic E-state index is 4.84. The van der Waals surface area contributed by atoms with Gasteiger partial charge in [0.25, 0.3) is 0 Å². The number of benzene rings is 2. The molecule has 23 heavy (non-hydrogen) atoms. The highest BCUT2D eigenvalue weighted by molar-refractivity contribution is 7.98. The van der Waals surface area contributed by atoms with Crippen LogP contribution < -0.4 is 0 Å². The van der Waals surface area contributed by atoms with Crippen molar-refractivity contribution in [1.82, 2.24) is 4.98 Å². The highest BCUT2D eigenvalue weighted by atomic mass is 32.2. The number of hydrogen-bond donors (Lipinski definition) is 0. The lowest BCUT2D eigenvalue weighted by molar-refractivity contribution is 1.41. The number of rotatable bonds is 3. The van der Waals surface area contributed by atoms with Gasteiger partial charge in [0.05, 0.1) is 16.1 Å². The van der Waals surface area contributed by atoms with Crippen molar-refractivity contribution in [2.24, 2.45) is 0 Å². The first-order valence-corrected chi connectivity index (χ1v) is 9.54. The molecule has 0 atom stereocenters. The van der Waals surface area contributed by atoms with Crippen molar-refractivity contribution in [1.29, 1.82) is 0 Å². The smallest absolute Gasteiger partial charge is 0.0815 e. The number of thiophene rings is 1. The van der Waals surface area contributed by atoms with E-state index in [1.165, 1.54) is 26.3 Å². The van der Waals surface area contributed by atoms with Gasteiger partial charge in [0.15, 0.2) is 0 Å². The van der Waals surface area contributed by atoms with Crippen LogP contribution in [0.5, 0.6) is 0 Å². The Bertz CT molecular complexity index is 941. The van der Waals surface area contributed by atoms with Crippen LogP contribution in [-0.4, -0.2) is 11.2 Å². The number of pyridine rings is 1. The molecule has 0 amide bonds. The fourth-order valence-corrected chi connectivity index (χ4v) is 3.83. The monoisotopic (exact) mass is 333 g/mol. The lowest BCUT2D eigenvalue weighted by atomic mass is 10.00. The Hall–Kier alpha value is -2.10. The van der Waals surface area contributed by atoms with Gasteiger partial charge in [-0.3, -0.25) is 0 Å². The molecule has 0 aliphatic heterocycles. The fourth-order valence-electron chi connectivity index (χ4n) is 2.74. The molecule has 0 bridgehead atoms. The predicted molar refractivity (Wildman–Crippen MR) is 102 cm³/mol. The summed E-state index contributed by atoms with van der Waals surface area (Å²) in [6.07, 6.45) is 2.10. The maximum Gasteiger partial charge on any atom is 0.0815 e. The van der Waals surface area contributed by atoms with E-state index in [-0.39, 0.29) is 0 Å². The molecule has 2 aromatic carbocycles. The molecule has 0 unspecified atom stereocenters. The normalized spacial score (nSPS) is 11.0. The molecular formula is C20H15NS2. The average molecular weight is 333 g/mol. The summed E-state index contributed by atoms with van der Waals surface area (Å²) in [6, 6.07) is 23.5. The Balaban J connectivity index is 1.96. The second kappa shape index (κ2) is 6.19. The molecule has 0 aliphatic rings. The minimum atomic E-state index is 1.04. The van der Waals surface area contributed by atoms with Crippen molar-refractivity contribution in [2.45, 2.75) is 4.90 Å². The van der Waals surface area contributed by atoms with Gasteiger partial charge >= 0.3 is 0 Å². The molecule has 0 spiro atoms. The summed E-state index contributed by atoms with van der Waals surface area (Å²) in [4.78, 5) is 7.33. The van der Waals surface area contributed by atoms with Crippen molar-refractivity contribution < 1.29 is 0 Å². The van der Waals surface area contributed by atoms with E-state index in [9.17, 15) is 0 Å². The number of nitrogens with zero attached hydrogens (tertiary/aromatic N) is 1. The molecule has 0 aliphatic carbocycles. The van der Waals surface area contributed by atoms with Gasteiger partial charge in [-0.1, -0.05) is 36.4 Å². The van der Waals surface area contributed by atoms with Gasteiger partial charge in [-0.25, -0.2) is 4.98 Å². The minimum absolute atomic E-state index is 1.04. The molecule has 112 valence electrons. The average Bonchev–Trinajstić information content (AvgIpc) is 3.15. The molecule has 2 heterocycles. The van der Waals surface area contributed by atoms with Crippen molar-refractivity contribution >= 4 is 34.0 Å². The van der Waals surface area contributed by atoms with Crippen LogP contribution in [0.15, 0.2) is 77.0 Å². The SMILES string of the molecule is CSc1ccc(-c2cc(-c3cccs3)nc3ccccc23)cc1. The molecule has 0 N–H and O–H groups in total. The zero-order valence-electron chi connectivity index (χ0n) is 12.7. The molecule has 1 nitrogen and oxygen atoms in total. The van der Waals surface area contributed by atoms with E-state index in [1.54, 1.807) is 23.1 Å². The van der Waals surface area contributed by atoms with E-state index >= 15 is 0 Å².